The van der Waals surface area contributed by atoms with Crippen molar-refractivity contribution < 1.29 is 9.47 Å². The highest BCUT2D eigenvalue weighted by Gasteiger charge is 2.22. The average molecular weight is 498 g/mol. The summed E-state index contributed by atoms with van der Waals surface area (Å²) in [6.07, 6.45) is 2.48. The lowest BCUT2D eigenvalue weighted by Crippen LogP contribution is -2.10. The Morgan fingerprint density at radius 2 is 1.94 bits per heavy atom. The molecule has 1 aliphatic rings. The molecule has 1 aliphatic heterocycles. The van der Waals surface area contributed by atoms with Crippen molar-refractivity contribution in [3.05, 3.63) is 58.8 Å². The molecule has 5 rings (SSSR count). The lowest BCUT2D eigenvalue weighted by Gasteiger charge is -2.18. The number of hydrogen-bond donors (Lipinski definition) is 1. The van der Waals surface area contributed by atoms with Crippen LogP contribution in [0, 0.1) is 0 Å². The van der Waals surface area contributed by atoms with E-state index >= 15 is 0 Å². The second-order valence-corrected chi connectivity index (χ2v) is 9.05. The Labute approximate surface area is 192 Å². The van der Waals surface area contributed by atoms with Crippen LogP contribution in [0.4, 0.5) is 5.82 Å². The SMILES string of the molecule is CCC(Cn1c(Sc2cc3c(cc2Br)OCO3)nc2c(N)ncnc21)c1ccccc1. The van der Waals surface area contributed by atoms with Gasteiger partial charge in [0.2, 0.25) is 6.79 Å². The van der Waals surface area contributed by atoms with Crippen LogP contribution in [0.15, 0.2) is 63.3 Å². The molecule has 1 atom stereocenters. The summed E-state index contributed by atoms with van der Waals surface area (Å²) < 4.78 is 14.1. The Bertz CT molecular complexity index is 1250. The molecule has 2 N–H and O–H groups in total. The number of rotatable bonds is 6. The van der Waals surface area contributed by atoms with Crippen LogP contribution in [0.1, 0.15) is 24.8 Å². The van der Waals surface area contributed by atoms with Crippen LogP contribution in [0.5, 0.6) is 11.5 Å². The van der Waals surface area contributed by atoms with Crippen LogP contribution in [0.25, 0.3) is 11.2 Å². The van der Waals surface area contributed by atoms with Crippen molar-refractivity contribution in [2.45, 2.75) is 35.9 Å². The molecule has 2 aromatic carbocycles. The third-order valence-corrected chi connectivity index (χ3v) is 7.29. The van der Waals surface area contributed by atoms with Gasteiger partial charge >= 0.3 is 0 Å². The van der Waals surface area contributed by atoms with E-state index in [9.17, 15) is 0 Å². The first-order valence-corrected chi connectivity index (χ1v) is 11.5. The van der Waals surface area contributed by atoms with Crippen molar-refractivity contribution in [1.82, 2.24) is 19.5 Å². The van der Waals surface area contributed by atoms with E-state index in [0.717, 1.165) is 44.6 Å². The molecule has 0 amide bonds. The first-order chi connectivity index (χ1) is 15.1. The maximum absolute atomic E-state index is 6.13. The summed E-state index contributed by atoms with van der Waals surface area (Å²) in [5, 5.41) is 0.802. The molecule has 0 radical (unpaired) electrons. The Kier molecular flexibility index (Phi) is 5.45. The lowest BCUT2D eigenvalue weighted by molar-refractivity contribution is 0.174. The standard InChI is InChI=1S/C22H20BrN5O2S/c1-2-13(14-6-4-3-5-7-14)10-28-21-19(20(24)25-11-26-21)27-22(28)31-18-9-17-16(8-15(18)23)29-12-30-17/h3-9,11,13H,2,10,12H2,1H3,(H2,24,25,26). The number of nitrogens with zero attached hydrogens (tertiary/aromatic N) is 4. The molecule has 9 heteroatoms. The number of nitrogens with two attached hydrogens (primary N) is 1. The summed E-state index contributed by atoms with van der Waals surface area (Å²) in [5.41, 5.74) is 8.77. The van der Waals surface area contributed by atoms with Crippen molar-refractivity contribution in [3.63, 3.8) is 0 Å². The molecule has 31 heavy (non-hydrogen) atoms. The van der Waals surface area contributed by atoms with E-state index in [2.05, 4.69) is 61.7 Å². The summed E-state index contributed by atoms with van der Waals surface area (Å²) >= 11 is 5.18. The number of halogens is 1. The minimum absolute atomic E-state index is 0.232. The van der Waals surface area contributed by atoms with Crippen LogP contribution in [0.2, 0.25) is 0 Å². The fraction of sp³-hybridized carbons (Fsp3) is 0.227. The summed E-state index contributed by atoms with van der Waals surface area (Å²) in [6.45, 7) is 3.16. The zero-order valence-corrected chi connectivity index (χ0v) is 19.2. The van der Waals surface area contributed by atoms with Crippen LogP contribution >= 0.6 is 27.7 Å². The van der Waals surface area contributed by atoms with Gasteiger partial charge < -0.3 is 19.8 Å². The van der Waals surface area contributed by atoms with E-state index < -0.39 is 0 Å². The highest BCUT2D eigenvalue weighted by atomic mass is 79.9. The number of ether oxygens (including phenoxy) is 2. The van der Waals surface area contributed by atoms with Gasteiger partial charge in [-0.1, -0.05) is 49.0 Å². The zero-order chi connectivity index (χ0) is 21.4. The van der Waals surface area contributed by atoms with Gasteiger partial charge in [-0.3, -0.25) is 0 Å². The quantitative estimate of drug-likeness (QED) is 0.389. The van der Waals surface area contributed by atoms with Gasteiger partial charge in [0.05, 0.1) is 0 Å². The number of anilines is 1. The molecule has 0 fully saturated rings. The normalized spacial score (nSPS) is 13.6. The molecule has 7 nitrogen and oxygen atoms in total. The Hall–Kier alpha value is -2.78. The molecule has 158 valence electrons. The maximum atomic E-state index is 6.13. The number of imidazole rings is 1. The summed E-state index contributed by atoms with van der Waals surface area (Å²) in [5.74, 6) is 2.15. The van der Waals surface area contributed by atoms with Crippen molar-refractivity contribution in [2.75, 3.05) is 12.5 Å². The van der Waals surface area contributed by atoms with Gasteiger partial charge in [-0.05, 0) is 40.0 Å². The third kappa shape index (κ3) is 3.83. The van der Waals surface area contributed by atoms with Gasteiger partial charge in [-0.2, -0.15) is 0 Å². The fourth-order valence-electron chi connectivity index (χ4n) is 3.67. The van der Waals surface area contributed by atoms with Crippen LogP contribution < -0.4 is 15.2 Å². The average Bonchev–Trinajstić information content (AvgIpc) is 3.37. The third-order valence-electron chi connectivity index (χ3n) is 5.32. The van der Waals surface area contributed by atoms with E-state index in [4.69, 9.17) is 20.2 Å². The van der Waals surface area contributed by atoms with Gasteiger partial charge in [-0.25, -0.2) is 15.0 Å². The smallest absolute Gasteiger partial charge is 0.231 e. The minimum atomic E-state index is 0.232. The predicted molar refractivity (Wildman–Crippen MR) is 124 cm³/mol. The second kappa shape index (κ2) is 8.39. The lowest BCUT2D eigenvalue weighted by atomic mass is 9.96. The number of hydrogen-bond acceptors (Lipinski definition) is 7. The molecular weight excluding hydrogens is 478 g/mol. The van der Waals surface area contributed by atoms with Crippen molar-refractivity contribution in [1.29, 1.82) is 0 Å². The number of aromatic nitrogens is 4. The van der Waals surface area contributed by atoms with Gasteiger partial charge in [0.25, 0.3) is 0 Å². The van der Waals surface area contributed by atoms with Crippen LogP contribution in [-0.2, 0) is 6.54 Å². The fourth-order valence-corrected chi connectivity index (χ4v) is 5.16. The van der Waals surface area contributed by atoms with E-state index in [0.29, 0.717) is 17.3 Å². The van der Waals surface area contributed by atoms with E-state index in [-0.39, 0.29) is 6.79 Å². The van der Waals surface area contributed by atoms with E-state index in [1.165, 1.54) is 23.7 Å². The molecular formula is C22H20BrN5O2S. The van der Waals surface area contributed by atoms with Crippen molar-refractivity contribution >= 4 is 44.7 Å². The topological polar surface area (TPSA) is 88.1 Å². The monoisotopic (exact) mass is 497 g/mol. The molecule has 0 saturated carbocycles. The number of fused-ring (bicyclic) bond motifs is 2. The molecule has 3 heterocycles. The Morgan fingerprint density at radius 1 is 1.16 bits per heavy atom. The molecule has 1 unspecified atom stereocenters. The van der Waals surface area contributed by atoms with E-state index in [1.54, 1.807) is 0 Å². The molecule has 0 bridgehead atoms. The first kappa shape index (κ1) is 20.1. The van der Waals surface area contributed by atoms with Gasteiger partial charge in [-0.15, -0.1) is 0 Å². The second-order valence-electron chi connectivity index (χ2n) is 7.19. The Balaban J connectivity index is 1.57. The first-order valence-electron chi connectivity index (χ1n) is 9.92. The van der Waals surface area contributed by atoms with Gasteiger partial charge in [0.15, 0.2) is 33.6 Å². The highest BCUT2D eigenvalue weighted by molar-refractivity contribution is 9.10. The summed E-state index contributed by atoms with van der Waals surface area (Å²) in [4.78, 5) is 14.4. The Morgan fingerprint density at radius 3 is 2.71 bits per heavy atom. The van der Waals surface area contributed by atoms with Crippen molar-refractivity contribution in [2.24, 2.45) is 0 Å². The van der Waals surface area contributed by atoms with Gasteiger partial charge in [0, 0.05) is 21.8 Å². The molecule has 2 aromatic heterocycles. The number of benzene rings is 2. The molecule has 0 spiro atoms. The predicted octanol–water partition coefficient (Wildman–Crippen LogP) is 5.24. The van der Waals surface area contributed by atoms with E-state index in [1.807, 2.05) is 18.2 Å². The highest BCUT2D eigenvalue weighted by Crippen LogP contribution is 2.43. The summed E-state index contributed by atoms with van der Waals surface area (Å²) in [6, 6.07) is 14.4. The van der Waals surface area contributed by atoms with Crippen molar-refractivity contribution in [3.8, 4) is 11.5 Å². The molecule has 4 aromatic rings. The molecule has 0 saturated heterocycles. The number of nitrogen functional groups attached to an aromatic ring is 1. The minimum Gasteiger partial charge on any atom is -0.454 e. The largest absolute Gasteiger partial charge is 0.454 e. The molecule has 0 aliphatic carbocycles. The maximum Gasteiger partial charge on any atom is 0.231 e. The van der Waals surface area contributed by atoms with Crippen LogP contribution in [0.3, 0.4) is 0 Å². The summed E-state index contributed by atoms with van der Waals surface area (Å²) in [7, 11) is 0. The van der Waals surface area contributed by atoms with Gasteiger partial charge in [0.1, 0.15) is 6.33 Å². The zero-order valence-electron chi connectivity index (χ0n) is 16.8. The van der Waals surface area contributed by atoms with Crippen LogP contribution in [-0.4, -0.2) is 26.3 Å².